The van der Waals surface area contributed by atoms with Crippen molar-refractivity contribution in [1.82, 2.24) is 0 Å². The maximum absolute atomic E-state index is 12.9. The first-order valence-corrected chi connectivity index (χ1v) is 9.98. The van der Waals surface area contributed by atoms with Crippen LogP contribution in [0.2, 0.25) is 0 Å². The third-order valence-electron chi connectivity index (χ3n) is 4.30. The molecule has 0 bridgehead atoms. The molecule has 0 N–H and O–H groups in total. The molecule has 1 saturated heterocycles. The van der Waals surface area contributed by atoms with E-state index in [9.17, 15) is 27.0 Å². The summed E-state index contributed by atoms with van der Waals surface area (Å²) in [6.07, 6.45) is -4.23. The van der Waals surface area contributed by atoms with E-state index in [2.05, 4.69) is 9.10 Å². The number of amides is 1. The van der Waals surface area contributed by atoms with Crippen molar-refractivity contribution in [3.63, 3.8) is 0 Å². The number of rotatable bonds is 4. The molecule has 1 amide bonds. The Balaban J connectivity index is 2.01. The number of aryl methyl sites for hydroxylation is 1. The minimum atomic E-state index is -4.49. The number of halogens is 3. The quantitative estimate of drug-likeness (QED) is 0.739. The molecule has 1 aromatic carbocycles. The molecular weight excluding hydrogens is 371 g/mol. The lowest BCUT2D eigenvalue weighted by molar-refractivity contribution is -0.145. The van der Waals surface area contributed by atoms with Gasteiger partial charge in [0.2, 0.25) is 0 Å². The van der Waals surface area contributed by atoms with Crippen LogP contribution in [-0.4, -0.2) is 34.7 Å². The largest absolute Gasteiger partial charge is 0.469 e. The van der Waals surface area contributed by atoms with Crippen LogP contribution in [0.25, 0.3) is 0 Å². The Bertz CT molecular complexity index is 783. The van der Waals surface area contributed by atoms with E-state index in [4.69, 9.17) is 0 Å². The number of esters is 1. The predicted molar refractivity (Wildman–Crippen MR) is 89.8 cm³/mol. The van der Waals surface area contributed by atoms with E-state index in [0.717, 1.165) is 6.07 Å². The maximum Gasteiger partial charge on any atom is 0.416 e. The second-order valence-electron chi connectivity index (χ2n) is 6.12. The van der Waals surface area contributed by atoms with Crippen molar-refractivity contribution in [3.05, 3.63) is 35.4 Å². The Morgan fingerprint density at radius 3 is 2.42 bits per heavy atom. The molecule has 144 valence electrons. The summed E-state index contributed by atoms with van der Waals surface area (Å²) >= 11 is 0. The number of methoxy groups -OCH3 is 1. The van der Waals surface area contributed by atoms with Crippen LogP contribution in [-0.2, 0) is 36.7 Å². The molecule has 0 saturated carbocycles. The minimum Gasteiger partial charge on any atom is -0.469 e. The molecule has 1 heterocycles. The van der Waals surface area contributed by atoms with Gasteiger partial charge in [-0.2, -0.15) is 17.5 Å². The van der Waals surface area contributed by atoms with Gasteiger partial charge in [0.1, 0.15) is 0 Å². The fraction of sp³-hybridized carbons (Fsp3) is 0.529. The first-order valence-electron chi connectivity index (χ1n) is 8.13. The molecule has 0 aromatic heterocycles. The number of hydrogen-bond acceptors (Lipinski definition) is 4. The Morgan fingerprint density at radius 2 is 1.85 bits per heavy atom. The van der Waals surface area contributed by atoms with E-state index in [1.807, 2.05) is 0 Å². The zero-order valence-corrected chi connectivity index (χ0v) is 15.1. The van der Waals surface area contributed by atoms with Crippen molar-refractivity contribution in [2.75, 3.05) is 18.6 Å². The number of benzene rings is 1. The van der Waals surface area contributed by atoms with Gasteiger partial charge in [-0.1, -0.05) is 18.2 Å². The van der Waals surface area contributed by atoms with Crippen molar-refractivity contribution in [3.8, 4) is 0 Å². The van der Waals surface area contributed by atoms with E-state index in [1.54, 1.807) is 0 Å². The van der Waals surface area contributed by atoms with Crippen LogP contribution < -0.4 is 0 Å². The summed E-state index contributed by atoms with van der Waals surface area (Å²) in [4.78, 5) is 23.5. The van der Waals surface area contributed by atoms with Gasteiger partial charge < -0.3 is 4.74 Å². The molecule has 1 aliphatic heterocycles. The molecule has 9 heteroatoms. The zero-order valence-electron chi connectivity index (χ0n) is 14.3. The first kappa shape index (κ1) is 20.4. The van der Waals surface area contributed by atoms with Gasteiger partial charge in [0.05, 0.1) is 28.3 Å². The highest BCUT2D eigenvalue weighted by molar-refractivity contribution is 7.93. The monoisotopic (exact) mass is 391 g/mol. The number of nitrogens with zero attached hydrogens (tertiary/aromatic N) is 1. The van der Waals surface area contributed by atoms with Crippen molar-refractivity contribution >= 4 is 21.6 Å². The highest BCUT2D eigenvalue weighted by Gasteiger charge is 2.33. The van der Waals surface area contributed by atoms with Crippen LogP contribution in [0.15, 0.2) is 28.6 Å². The van der Waals surface area contributed by atoms with E-state index < -0.39 is 27.4 Å². The van der Waals surface area contributed by atoms with Crippen molar-refractivity contribution in [2.45, 2.75) is 31.9 Å². The summed E-state index contributed by atoms with van der Waals surface area (Å²) < 4.78 is 59.8. The number of hydrogen-bond donors (Lipinski definition) is 0. The second kappa shape index (κ2) is 8.20. The van der Waals surface area contributed by atoms with Crippen LogP contribution in [0.4, 0.5) is 13.2 Å². The molecule has 0 aliphatic carbocycles. The average Bonchev–Trinajstić information content (AvgIpc) is 2.59. The predicted octanol–water partition coefficient (Wildman–Crippen LogP) is 3.22. The smallest absolute Gasteiger partial charge is 0.416 e. The molecule has 0 atom stereocenters. The van der Waals surface area contributed by atoms with Crippen LogP contribution in [0.5, 0.6) is 0 Å². The van der Waals surface area contributed by atoms with Gasteiger partial charge in [0.15, 0.2) is 0 Å². The fourth-order valence-corrected chi connectivity index (χ4v) is 5.04. The van der Waals surface area contributed by atoms with E-state index in [1.165, 1.54) is 25.3 Å². The lowest BCUT2D eigenvalue weighted by Gasteiger charge is -2.22. The molecule has 0 spiro atoms. The van der Waals surface area contributed by atoms with Gasteiger partial charge in [0.25, 0.3) is 5.91 Å². The molecule has 5 nitrogen and oxygen atoms in total. The summed E-state index contributed by atoms with van der Waals surface area (Å²) in [6, 6.07) is 5.04. The number of ether oxygens (including phenoxy) is 1. The highest BCUT2D eigenvalue weighted by Crippen LogP contribution is 2.32. The first-order chi connectivity index (χ1) is 12.1. The Kier molecular flexibility index (Phi) is 6.44. The summed E-state index contributed by atoms with van der Waals surface area (Å²) in [5, 5.41) is 0. The molecular formula is C17H20F3NO4S. The van der Waals surface area contributed by atoms with Crippen LogP contribution in [0, 0.1) is 5.92 Å². The molecule has 0 unspecified atom stereocenters. The summed E-state index contributed by atoms with van der Waals surface area (Å²) in [5.74, 6) is -1.18. The van der Waals surface area contributed by atoms with Gasteiger partial charge in [-0.15, -0.1) is 0 Å². The molecule has 1 fully saturated rings. The average molecular weight is 391 g/mol. The Morgan fingerprint density at radius 1 is 1.23 bits per heavy atom. The second-order valence-corrected chi connectivity index (χ2v) is 8.66. The standard InChI is InChI=1S/C17H20F3NO4S/c1-25-16(23)13-8-10-26(24,11-9-13)21-15(22)7-6-12-4-2-3-5-14(12)17(18,19)20/h2-5,13H,6-11H2,1H3. The molecule has 1 aromatic rings. The summed E-state index contributed by atoms with van der Waals surface area (Å²) in [5.41, 5.74) is -0.775. The molecule has 0 radical (unpaired) electrons. The number of carbonyl (C=O) groups is 2. The lowest BCUT2D eigenvalue weighted by atomic mass is 10.0. The summed E-state index contributed by atoms with van der Waals surface area (Å²) in [6.45, 7) is 0. The van der Waals surface area contributed by atoms with Gasteiger partial charge in [-0.3, -0.25) is 9.59 Å². The third-order valence-corrected chi connectivity index (χ3v) is 6.59. The Labute approximate surface area is 150 Å². The summed E-state index contributed by atoms with van der Waals surface area (Å²) in [7, 11) is -1.48. The van der Waals surface area contributed by atoms with Crippen LogP contribution in [0.3, 0.4) is 0 Å². The highest BCUT2D eigenvalue weighted by atomic mass is 32.2. The minimum absolute atomic E-state index is 0.00731. The molecule has 1 aliphatic rings. The van der Waals surface area contributed by atoms with Crippen LogP contribution >= 0.6 is 0 Å². The van der Waals surface area contributed by atoms with E-state index in [-0.39, 0.29) is 41.8 Å². The van der Waals surface area contributed by atoms with Gasteiger partial charge in [-0.05, 0) is 30.9 Å². The van der Waals surface area contributed by atoms with Crippen molar-refractivity contribution in [1.29, 1.82) is 0 Å². The van der Waals surface area contributed by atoms with Crippen molar-refractivity contribution < 1.29 is 31.7 Å². The van der Waals surface area contributed by atoms with E-state index >= 15 is 0 Å². The number of alkyl halides is 3. The normalized spacial score (nSPS) is 23.3. The molecule has 26 heavy (non-hydrogen) atoms. The SMILES string of the molecule is COC(=O)C1CCS(=O)(=NC(=O)CCc2ccccc2C(F)(F)F)CC1. The molecule has 2 rings (SSSR count). The number of carbonyl (C=O) groups excluding carboxylic acids is 2. The van der Waals surface area contributed by atoms with E-state index in [0.29, 0.717) is 12.8 Å². The fourth-order valence-electron chi connectivity index (χ4n) is 2.88. The topological polar surface area (TPSA) is 72.8 Å². The Hall–Kier alpha value is -1.90. The third kappa shape index (κ3) is 5.30. The van der Waals surface area contributed by atoms with Gasteiger partial charge >= 0.3 is 12.1 Å². The maximum atomic E-state index is 12.9. The lowest BCUT2D eigenvalue weighted by Crippen LogP contribution is -2.29. The zero-order chi connectivity index (χ0) is 19.4. The van der Waals surface area contributed by atoms with Crippen LogP contribution in [0.1, 0.15) is 30.4 Å². The van der Waals surface area contributed by atoms with Gasteiger partial charge in [-0.25, -0.2) is 4.21 Å². The van der Waals surface area contributed by atoms with Gasteiger partial charge in [0, 0.05) is 17.9 Å². The van der Waals surface area contributed by atoms with Crippen molar-refractivity contribution in [2.24, 2.45) is 10.3 Å².